The van der Waals surface area contributed by atoms with E-state index in [0.717, 1.165) is 51.9 Å². The summed E-state index contributed by atoms with van der Waals surface area (Å²) in [4.78, 5) is 29.1. The van der Waals surface area contributed by atoms with E-state index < -0.39 is 0 Å². The van der Waals surface area contributed by atoms with E-state index in [0.29, 0.717) is 19.0 Å². The molecule has 27 heavy (non-hydrogen) atoms. The molecule has 0 aromatic heterocycles. The molecule has 1 heterocycles. The number of nitrogens with two attached hydrogens (primary N) is 1. The van der Waals surface area contributed by atoms with Gasteiger partial charge in [-0.3, -0.25) is 14.5 Å². The molecule has 1 unspecified atom stereocenters. The van der Waals surface area contributed by atoms with E-state index >= 15 is 0 Å². The highest BCUT2D eigenvalue weighted by Gasteiger charge is 2.36. The first-order chi connectivity index (χ1) is 12.0. The normalized spacial score (nSPS) is 23.6. The van der Waals surface area contributed by atoms with Gasteiger partial charge in [-0.05, 0) is 44.6 Å². The molecule has 2 amide bonds. The maximum absolute atomic E-state index is 12.8. The number of nitrogens with one attached hydrogen (secondary N) is 1. The van der Waals surface area contributed by atoms with Crippen molar-refractivity contribution in [2.45, 2.75) is 70.4 Å². The van der Waals surface area contributed by atoms with E-state index in [1.54, 1.807) is 0 Å². The summed E-state index contributed by atoms with van der Waals surface area (Å²) >= 11 is 0. The molecule has 1 saturated heterocycles. The highest BCUT2D eigenvalue weighted by Crippen LogP contribution is 2.38. The fourth-order valence-corrected chi connectivity index (χ4v) is 4.26. The van der Waals surface area contributed by atoms with Crippen molar-refractivity contribution in [3.63, 3.8) is 0 Å². The quantitative estimate of drug-likeness (QED) is 0.685. The fraction of sp³-hybridized carbons (Fsp3) is 0.895. The summed E-state index contributed by atoms with van der Waals surface area (Å²) in [5, 5.41) is 3.08. The van der Waals surface area contributed by atoms with Gasteiger partial charge in [-0.1, -0.05) is 19.3 Å². The van der Waals surface area contributed by atoms with Crippen LogP contribution in [0.2, 0.25) is 0 Å². The van der Waals surface area contributed by atoms with Gasteiger partial charge in [-0.25, -0.2) is 0 Å². The van der Waals surface area contributed by atoms with Crippen molar-refractivity contribution < 1.29 is 9.59 Å². The molecule has 8 heteroatoms. The van der Waals surface area contributed by atoms with Crippen molar-refractivity contribution in [3.05, 3.63) is 0 Å². The first-order valence-electron chi connectivity index (χ1n) is 10.1. The Kier molecular flexibility index (Phi) is 9.83. The summed E-state index contributed by atoms with van der Waals surface area (Å²) < 4.78 is 0. The molecule has 1 aliphatic heterocycles. The third kappa shape index (κ3) is 6.48. The fourth-order valence-electron chi connectivity index (χ4n) is 4.26. The minimum Gasteiger partial charge on any atom is -0.352 e. The standard InChI is InChI=1S/C19H34N4O2.2ClH/c1-15(18(25)21-16-5-6-16)22-9-11-23(12-10-22)17(24)13-19(14-20)7-3-2-4-8-19;;/h15-16H,2-14,20H2,1H3,(H,21,25);2*1H. The van der Waals surface area contributed by atoms with Crippen molar-refractivity contribution in [1.29, 1.82) is 0 Å². The van der Waals surface area contributed by atoms with E-state index in [2.05, 4.69) is 10.2 Å². The van der Waals surface area contributed by atoms with Crippen LogP contribution in [0.3, 0.4) is 0 Å². The lowest BCUT2D eigenvalue weighted by molar-refractivity contribution is -0.137. The molecule has 3 fully saturated rings. The number of halogens is 2. The lowest BCUT2D eigenvalue weighted by Gasteiger charge is -2.40. The Morgan fingerprint density at radius 1 is 1.07 bits per heavy atom. The van der Waals surface area contributed by atoms with Crippen LogP contribution in [0.15, 0.2) is 0 Å². The molecule has 158 valence electrons. The number of hydrogen-bond acceptors (Lipinski definition) is 4. The molecule has 3 N–H and O–H groups in total. The maximum atomic E-state index is 12.8. The highest BCUT2D eigenvalue weighted by molar-refractivity contribution is 5.85. The lowest BCUT2D eigenvalue weighted by Crippen LogP contribution is -2.55. The summed E-state index contributed by atoms with van der Waals surface area (Å²) in [6.07, 6.45) is 8.68. The molecule has 0 aromatic carbocycles. The van der Waals surface area contributed by atoms with Crippen molar-refractivity contribution in [2.75, 3.05) is 32.7 Å². The van der Waals surface area contributed by atoms with Gasteiger partial charge in [0.05, 0.1) is 6.04 Å². The Balaban J connectivity index is 0.00000182. The number of carbonyl (C=O) groups excluding carboxylic acids is 2. The third-order valence-corrected chi connectivity index (χ3v) is 6.39. The molecule has 2 saturated carbocycles. The van der Waals surface area contributed by atoms with Crippen LogP contribution in [0.4, 0.5) is 0 Å². The first-order valence-corrected chi connectivity index (χ1v) is 10.1. The van der Waals surface area contributed by atoms with Crippen LogP contribution in [-0.2, 0) is 9.59 Å². The summed E-state index contributed by atoms with van der Waals surface area (Å²) in [5.74, 6) is 0.383. The summed E-state index contributed by atoms with van der Waals surface area (Å²) in [6.45, 7) is 5.60. The third-order valence-electron chi connectivity index (χ3n) is 6.39. The number of piperazine rings is 1. The largest absolute Gasteiger partial charge is 0.352 e. The van der Waals surface area contributed by atoms with Gasteiger partial charge in [0.2, 0.25) is 11.8 Å². The van der Waals surface area contributed by atoms with E-state index in [1.165, 1.54) is 19.3 Å². The van der Waals surface area contributed by atoms with Crippen LogP contribution >= 0.6 is 24.8 Å². The topological polar surface area (TPSA) is 78.7 Å². The Morgan fingerprint density at radius 3 is 2.19 bits per heavy atom. The van der Waals surface area contributed by atoms with Crippen molar-refractivity contribution in [3.8, 4) is 0 Å². The molecule has 0 radical (unpaired) electrons. The Morgan fingerprint density at radius 2 is 1.67 bits per heavy atom. The van der Waals surface area contributed by atoms with Gasteiger partial charge in [0.25, 0.3) is 0 Å². The van der Waals surface area contributed by atoms with Gasteiger partial charge in [0.1, 0.15) is 0 Å². The molecule has 0 aromatic rings. The zero-order chi connectivity index (χ0) is 17.9. The Labute approximate surface area is 175 Å². The number of amides is 2. The van der Waals surface area contributed by atoms with Crippen LogP contribution in [0.5, 0.6) is 0 Å². The molecule has 6 nitrogen and oxygen atoms in total. The van der Waals surface area contributed by atoms with Crippen LogP contribution in [0.25, 0.3) is 0 Å². The summed E-state index contributed by atoms with van der Waals surface area (Å²) in [7, 11) is 0. The minimum absolute atomic E-state index is 0. The number of nitrogens with zero attached hydrogens (tertiary/aromatic N) is 2. The van der Waals surface area contributed by atoms with Gasteiger partial charge in [-0.2, -0.15) is 0 Å². The molecule has 0 spiro atoms. The first kappa shape index (κ1) is 24.5. The van der Waals surface area contributed by atoms with Crippen molar-refractivity contribution in [1.82, 2.24) is 15.1 Å². The SMILES string of the molecule is CC(C(=O)NC1CC1)N1CCN(C(=O)CC2(CN)CCCCC2)CC1.Cl.Cl. The average molecular weight is 423 g/mol. The predicted octanol–water partition coefficient (Wildman–Crippen LogP) is 1.94. The van der Waals surface area contributed by atoms with Crippen LogP contribution in [0.1, 0.15) is 58.3 Å². The summed E-state index contributed by atoms with van der Waals surface area (Å²) in [5.41, 5.74) is 6.06. The molecule has 1 atom stereocenters. The zero-order valence-electron chi connectivity index (χ0n) is 16.5. The summed E-state index contributed by atoms with van der Waals surface area (Å²) in [6, 6.07) is 0.298. The van der Waals surface area contributed by atoms with Gasteiger partial charge < -0.3 is 16.0 Å². The second kappa shape index (κ2) is 10.8. The number of rotatable bonds is 6. The Hall–Kier alpha value is -0.560. The van der Waals surface area contributed by atoms with Gasteiger partial charge in [0.15, 0.2) is 0 Å². The molecule has 3 aliphatic rings. The van der Waals surface area contributed by atoms with Gasteiger partial charge >= 0.3 is 0 Å². The van der Waals surface area contributed by atoms with E-state index in [9.17, 15) is 9.59 Å². The van der Waals surface area contributed by atoms with Gasteiger partial charge in [-0.15, -0.1) is 24.8 Å². The smallest absolute Gasteiger partial charge is 0.237 e. The van der Waals surface area contributed by atoms with Crippen LogP contribution in [0, 0.1) is 5.41 Å². The van der Waals surface area contributed by atoms with Crippen LogP contribution in [-0.4, -0.2) is 66.4 Å². The molecular weight excluding hydrogens is 387 g/mol. The minimum atomic E-state index is -0.105. The van der Waals surface area contributed by atoms with Gasteiger partial charge in [0, 0.05) is 38.6 Å². The molecule has 0 bridgehead atoms. The van der Waals surface area contributed by atoms with E-state index in [1.807, 2.05) is 11.8 Å². The van der Waals surface area contributed by atoms with Crippen molar-refractivity contribution in [2.24, 2.45) is 11.1 Å². The maximum Gasteiger partial charge on any atom is 0.237 e. The monoisotopic (exact) mass is 422 g/mol. The lowest BCUT2D eigenvalue weighted by atomic mass is 9.71. The van der Waals surface area contributed by atoms with E-state index in [-0.39, 0.29) is 48.1 Å². The second-order valence-corrected chi connectivity index (χ2v) is 8.32. The van der Waals surface area contributed by atoms with Crippen LogP contribution < -0.4 is 11.1 Å². The predicted molar refractivity (Wildman–Crippen MR) is 112 cm³/mol. The molecule has 3 rings (SSSR count). The second-order valence-electron chi connectivity index (χ2n) is 8.32. The molecule has 2 aliphatic carbocycles. The van der Waals surface area contributed by atoms with E-state index in [4.69, 9.17) is 5.73 Å². The molecular formula is C19H36Cl2N4O2. The number of hydrogen-bond donors (Lipinski definition) is 2. The zero-order valence-corrected chi connectivity index (χ0v) is 18.1. The Bertz CT molecular complexity index is 488. The highest BCUT2D eigenvalue weighted by atomic mass is 35.5. The van der Waals surface area contributed by atoms with Crippen molar-refractivity contribution >= 4 is 36.6 Å². The number of carbonyl (C=O) groups is 2. The average Bonchev–Trinajstić information content (AvgIpc) is 3.46.